The number of thioether (sulfide) groups is 1. The van der Waals surface area contributed by atoms with E-state index in [9.17, 15) is 0 Å². The highest BCUT2D eigenvalue weighted by atomic mass is 35.5. The predicted octanol–water partition coefficient (Wildman–Crippen LogP) is 1.75. The maximum atomic E-state index is 5.81. The van der Waals surface area contributed by atoms with E-state index in [2.05, 4.69) is 33.4 Å². The minimum atomic E-state index is 0.206. The summed E-state index contributed by atoms with van der Waals surface area (Å²) in [5, 5.41) is 3.84. The number of hydrogen-bond acceptors (Lipinski definition) is 6. The lowest BCUT2D eigenvalue weighted by Crippen LogP contribution is -2.18. The smallest absolute Gasteiger partial charge is 0.230 e. The van der Waals surface area contributed by atoms with Crippen LogP contribution in [0.1, 0.15) is 6.92 Å². The zero-order valence-corrected chi connectivity index (χ0v) is 11.4. The zero-order valence-electron chi connectivity index (χ0n) is 9.86. The molecule has 0 aromatic carbocycles. The first kappa shape index (κ1) is 13.3. The van der Waals surface area contributed by atoms with Gasteiger partial charge in [0.05, 0.1) is 0 Å². The van der Waals surface area contributed by atoms with Gasteiger partial charge in [0.2, 0.25) is 17.2 Å². The van der Waals surface area contributed by atoms with E-state index >= 15 is 0 Å². The highest BCUT2D eigenvalue weighted by molar-refractivity contribution is 7.99. The fourth-order valence-corrected chi connectivity index (χ4v) is 1.34. The molecule has 1 N–H and O–H groups in total. The Morgan fingerprint density at radius 3 is 2.62 bits per heavy atom. The molecule has 0 spiro atoms. The van der Waals surface area contributed by atoms with Crippen LogP contribution < -0.4 is 10.2 Å². The van der Waals surface area contributed by atoms with Crippen LogP contribution in [0.2, 0.25) is 5.28 Å². The molecule has 0 amide bonds. The fraction of sp³-hybridized carbons (Fsp3) is 0.667. The summed E-state index contributed by atoms with van der Waals surface area (Å²) in [6, 6.07) is 0. The van der Waals surface area contributed by atoms with E-state index in [0.29, 0.717) is 17.1 Å². The molecule has 16 heavy (non-hydrogen) atoms. The van der Waals surface area contributed by atoms with E-state index < -0.39 is 0 Å². The molecule has 1 aromatic heterocycles. The summed E-state index contributed by atoms with van der Waals surface area (Å²) in [4.78, 5) is 14.0. The van der Waals surface area contributed by atoms with Crippen LogP contribution in [0.25, 0.3) is 0 Å². The van der Waals surface area contributed by atoms with Gasteiger partial charge in [0, 0.05) is 25.9 Å². The molecule has 1 aromatic rings. The van der Waals surface area contributed by atoms with Gasteiger partial charge in [-0.05, 0) is 17.9 Å². The molecule has 0 aliphatic rings. The van der Waals surface area contributed by atoms with Gasteiger partial charge in [0.25, 0.3) is 0 Å². The topological polar surface area (TPSA) is 53.9 Å². The van der Waals surface area contributed by atoms with Gasteiger partial charge in [-0.15, -0.1) is 0 Å². The minimum absolute atomic E-state index is 0.206. The monoisotopic (exact) mass is 261 g/mol. The fourth-order valence-electron chi connectivity index (χ4n) is 0.937. The lowest BCUT2D eigenvalue weighted by atomic mass is 10.5. The molecule has 1 rings (SSSR count). The van der Waals surface area contributed by atoms with Gasteiger partial charge in [-0.25, -0.2) is 0 Å². The molecule has 0 fully saturated rings. The van der Waals surface area contributed by atoms with Crippen LogP contribution in [0.15, 0.2) is 0 Å². The van der Waals surface area contributed by atoms with Crippen LogP contribution in [0.5, 0.6) is 0 Å². The van der Waals surface area contributed by atoms with Crippen molar-refractivity contribution in [2.24, 2.45) is 0 Å². The third kappa shape index (κ3) is 4.02. The van der Waals surface area contributed by atoms with E-state index in [1.807, 2.05) is 14.1 Å². The number of halogens is 1. The Balaban J connectivity index is 2.72. The third-order valence-corrected chi connectivity index (χ3v) is 3.09. The molecule has 0 saturated carbocycles. The maximum Gasteiger partial charge on any atom is 0.230 e. The molecule has 0 aliphatic carbocycles. The van der Waals surface area contributed by atoms with Crippen LogP contribution in [-0.2, 0) is 0 Å². The summed E-state index contributed by atoms with van der Waals surface area (Å²) in [7, 11) is 3.72. The van der Waals surface area contributed by atoms with Crippen LogP contribution in [0.4, 0.5) is 11.9 Å². The highest BCUT2D eigenvalue weighted by Gasteiger charge is 2.07. The largest absolute Gasteiger partial charge is 0.353 e. The number of nitrogens with zero attached hydrogens (tertiary/aromatic N) is 4. The van der Waals surface area contributed by atoms with Gasteiger partial charge in [-0.1, -0.05) is 6.92 Å². The molecule has 1 unspecified atom stereocenters. The standard InChI is InChI=1S/C9H16ClN5S/c1-6(16-4)5-11-8-12-7(10)13-9(14-8)15(2)3/h6H,5H2,1-4H3,(H,11,12,13,14). The van der Waals surface area contributed by atoms with Crippen LogP contribution in [-0.4, -0.2) is 47.1 Å². The first-order chi connectivity index (χ1) is 7.52. The van der Waals surface area contributed by atoms with E-state index in [0.717, 1.165) is 6.54 Å². The number of aromatic nitrogens is 3. The van der Waals surface area contributed by atoms with Crippen molar-refractivity contribution in [2.45, 2.75) is 12.2 Å². The molecule has 7 heteroatoms. The Bertz CT molecular complexity index is 347. The average Bonchev–Trinajstić information content (AvgIpc) is 2.25. The number of hydrogen-bond donors (Lipinski definition) is 1. The van der Waals surface area contributed by atoms with Crippen molar-refractivity contribution in [3.05, 3.63) is 5.28 Å². The van der Waals surface area contributed by atoms with Gasteiger partial charge in [-0.2, -0.15) is 26.7 Å². The van der Waals surface area contributed by atoms with Crippen molar-refractivity contribution in [2.75, 3.05) is 37.1 Å². The molecule has 0 bridgehead atoms. The number of rotatable bonds is 5. The molecule has 1 atom stereocenters. The summed E-state index contributed by atoms with van der Waals surface area (Å²) in [5.41, 5.74) is 0. The molecule has 0 saturated heterocycles. The second-order valence-corrected chi connectivity index (χ2v) is 5.16. The summed E-state index contributed by atoms with van der Waals surface area (Å²) in [5.74, 6) is 1.07. The van der Waals surface area contributed by atoms with Crippen LogP contribution in [0.3, 0.4) is 0 Å². The summed E-state index contributed by atoms with van der Waals surface area (Å²) in [6.45, 7) is 2.93. The lowest BCUT2D eigenvalue weighted by Gasteiger charge is -2.13. The first-order valence-corrected chi connectivity index (χ1v) is 6.55. The zero-order chi connectivity index (χ0) is 12.1. The van der Waals surface area contributed by atoms with E-state index in [1.165, 1.54) is 0 Å². The van der Waals surface area contributed by atoms with Crippen molar-refractivity contribution in [1.29, 1.82) is 0 Å². The van der Waals surface area contributed by atoms with Gasteiger partial charge in [0.1, 0.15) is 0 Å². The molecule has 90 valence electrons. The Morgan fingerprint density at radius 2 is 2.06 bits per heavy atom. The molecular weight excluding hydrogens is 246 g/mol. The van der Waals surface area contributed by atoms with Crippen molar-refractivity contribution >= 4 is 35.3 Å². The minimum Gasteiger partial charge on any atom is -0.353 e. The normalized spacial score (nSPS) is 12.3. The second-order valence-electron chi connectivity index (χ2n) is 3.55. The second kappa shape index (κ2) is 6.10. The quantitative estimate of drug-likeness (QED) is 0.872. The van der Waals surface area contributed by atoms with Crippen molar-refractivity contribution in [1.82, 2.24) is 15.0 Å². The van der Waals surface area contributed by atoms with E-state index in [-0.39, 0.29) is 5.28 Å². The van der Waals surface area contributed by atoms with Gasteiger partial charge in [-0.3, -0.25) is 0 Å². The van der Waals surface area contributed by atoms with Gasteiger partial charge < -0.3 is 10.2 Å². The Labute approximate surface area is 105 Å². The third-order valence-electron chi connectivity index (χ3n) is 1.95. The van der Waals surface area contributed by atoms with Gasteiger partial charge in [0.15, 0.2) is 0 Å². The molecule has 0 radical (unpaired) electrons. The van der Waals surface area contributed by atoms with Crippen LogP contribution >= 0.6 is 23.4 Å². The van der Waals surface area contributed by atoms with Crippen molar-refractivity contribution in [3.63, 3.8) is 0 Å². The molecule has 5 nitrogen and oxygen atoms in total. The van der Waals surface area contributed by atoms with Gasteiger partial charge >= 0.3 is 0 Å². The molecule has 0 aliphatic heterocycles. The number of anilines is 2. The van der Waals surface area contributed by atoms with E-state index in [4.69, 9.17) is 11.6 Å². The Hall–Kier alpha value is -0.750. The molecular formula is C9H16ClN5S. The average molecular weight is 262 g/mol. The van der Waals surface area contributed by atoms with Crippen molar-refractivity contribution in [3.8, 4) is 0 Å². The summed E-state index contributed by atoms with van der Waals surface area (Å²) in [6.07, 6.45) is 2.07. The lowest BCUT2D eigenvalue weighted by molar-refractivity contribution is 0.925. The Kier molecular flexibility index (Phi) is 5.08. The SMILES string of the molecule is CSC(C)CNc1nc(Cl)nc(N(C)C)n1. The molecule has 1 heterocycles. The van der Waals surface area contributed by atoms with Crippen LogP contribution in [0, 0.1) is 0 Å². The highest BCUT2D eigenvalue weighted by Crippen LogP contribution is 2.12. The summed E-state index contributed by atoms with van der Waals surface area (Å²) >= 11 is 7.59. The summed E-state index contributed by atoms with van der Waals surface area (Å²) < 4.78 is 0. The first-order valence-electron chi connectivity index (χ1n) is 4.88. The maximum absolute atomic E-state index is 5.81. The predicted molar refractivity (Wildman–Crippen MR) is 70.6 cm³/mol. The van der Waals surface area contributed by atoms with E-state index in [1.54, 1.807) is 16.7 Å². The number of nitrogens with one attached hydrogen (secondary N) is 1. The Morgan fingerprint density at radius 1 is 1.38 bits per heavy atom. The van der Waals surface area contributed by atoms with Crippen molar-refractivity contribution < 1.29 is 0 Å².